The van der Waals surface area contributed by atoms with Gasteiger partial charge in [-0.2, -0.15) is 0 Å². The molecule has 0 radical (unpaired) electrons. The summed E-state index contributed by atoms with van der Waals surface area (Å²) < 4.78 is 23.6. The van der Waals surface area contributed by atoms with Gasteiger partial charge >= 0.3 is 0 Å². The van der Waals surface area contributed by atoms with E-state index in [-0.39, 0.29) is 5.91 Å². The van der Waals surface area contributed by atoms with Crippen LogP contribution in [0, 0.1) is 0 Å². The highest BCUT2D eigenvalue weighted by molar-refractivity contribution is 7.90. The van der Waals surface area contributed by atoms with Crippen molar-refractivity contribution in [1.82, 2.24) is 0 Å². The highest BCUT2D eigenvalue weighted by atomic mass is 32.2. The molecular weight excluding hydrogens is 286 g/mol. The Morgan fingerprint density at radius 2 is 1.67 bits per heavy atom. The summed E-state index contributed by atoms with van der Waals surface area (Å²) >= 11 is 0. The molecule has 4 nitrogen and oxygen atoms in total. The topological polar surface area (TPSA) is 63.2 Å². The minimum atomic E-state index is -3.28. The number of hydrogen-bond donors (Lipinski definition) is 1. The lowest BCUT2D eigenvalue weighted by atomic mass is 10.1. The van der Waals surface area contributed by atoms with Gasteiger partial charge in [-0.15, -0.1) is 0 Å². The van der Waals surface area contributed by atoms with Gasteiger partial charge in [0, 0.05) is 23.9 Å². The molecule has 0 aromatic heterocycles. The fraction of sp³-hybridized carbons (Fsp3) is 0.188. The number of carbonyl (C=O) groups is 1. The van der Waals surface area contributed by atoms with Gasteiger partial charge in [0.05, 0.1) is 4.90 Å². The van der Waals surface area contributed by atoms with Crippen LogP contribution in [0.3, 0.4) is 0 Å². The van der Waals surface area contributed by atoms with E-state index in [0.29, 0.717) is 22.6 Å². The molecule has 110 valence electrons. The largest absolute Gasteiger partial charge is 0.326 e. The van der Waals surface area contributed by atoms with Crippen LogP contribution in [0.15, 0.2) is 53.4 Å². The number of sulfone groups is 1. The van der Waals surface area contributed by atoms with Gasteiger partial charge in [0.1, 0.15) is 0 Å². The Labute approximate surface area is 124 Å². The molecule has 5 heteroatoms. The van der Waals surface area contributed by atoms with Crippen molar-refractivity contribution in [1.29, 1.82) is 0 Å². The van der Waals surface area contributed by atoms with E-state index in [1.807, 2.05) is 0 Å². The van der Waals surface area contributed by atoms with Crippen molar-refractivity contribution >= 4 is 21.4 Å². The van der Waals surface area contributed by atoms with E-state index in [1.54, 1.807) is 55.5 Å². The highest BCUT2D eigenvalue weighted by Crippen LogP contribution is 2.28. The first-order valence-electron chi connectivity index (χ1n) is 6.61. The van der Waals surface area contributed by atoms with Crippen molar-refractivity contribution in [3.8, 4) is 11.1 Å². The first-order chi connectivity index (χ1) is 9.91. The highest BCUT2D eigenvalue weighted by Gasteiger charge is 2.13. The molecule has 21 heavy (non-hydrogen) atoms. The standard InChI is InChI=1S/C16H17NO3S/c1-3-16(18)17-13-10-8-12(9-11-13)14-6-4-5-7-15(14)21(2,19)20/h4-11H,3H2,1-2H3,(H,17,18). The van der Waals surface area contributed by atoms with Crippen LogP contribution in [0.4, 0.5) is 5.69 Å². The van der Waals surface area contributed by atoms with Crippen molar-refractivity contribution in [2.75, 3.05) is 11.6 Å². The molecule has 0 fully saturated rings. The van der Waals surface area contributed by atoms with Gasteiger partial charge in [-0.3, -0.25) is 4.79 Å². The maximum absolute atomic E-state index is 11.8. The van der Waals surface area contributed by atoms with Gasteiger partial charge < -0.3 is 5.32 Å². The van der Waals surface area contributed by atoms with Crippen molar-refractivity contribution in [3.05, 3.63) is 48.5 Å². The summed E-state index contributed by atoms with van der Waals surface area (Å²) in [7, 11) is -3.28. The Kier molecular flexibility index (Phi) is 4.43. The molecule has 2 aromatic carbocycles. The summed E-state index contributed by atoms with van der Waals surface area (Å²) in [5.41, 5.74) is 2.15. The van der Waals surface area contributed by atoms with E-state index in [9.17, 15) is 13.2 Å². The zero-order valence-corrected chi connectivity index (χ0v) is 12.8. The fourth-order valence-electron chi connectivity index (χ4n) is 2.01. The zero-order valence-electron chi connectivity index (χ0n) is 12.0. The normalized spacial score (nSPS) is 11.1. The van der Waals surface area contributed by atoms with E-state index < -0.39 is 9.84 Å². The van der Waals surface area contributed by atoms with Crippen molar-refractivity contribution in [3.63, 3.8) is 0 Å². The average Bonchev–Trinajstić information content (AvgIpc) is 2.47. The van der Waals surface area contributed by atoms with Gasteiger partial charge in [-0.05, 0) is 23.8 Å². The molecule has 0 aliphatic heterocycles. The lowest BCUT2D eigenvalue weighted by Gasteiger charge is -2.09. The molecule has 0 bridgehead atoms. The SMILES string of the molecule is CCC(=O)Nc1ccc(-c2ccccc2S(C)(=O)=O)cc1. The lowest BCUT2D eigenvalue weighted by molar-refractivity contribution is -0.115. The van der Waals surface area contributed by atoms with Crippen molar-refractivity contribution < 1.29 is 13.2 Å². The second kappa shape index (κ2) is 6.10. The smallest absolute Gasteiger partial charge is 0.224 e. The minimum absolute atomic E-state index is 0.0562. The molecular formula is C16H17NO3S. The molecule has 0 heterocycles. The lowest BCUT2D eigenvalue weighted by Crippen LogP contribution is -2.09. The summed E-state index contributed by atoms with van der Waals surface area (Å²) in [6.45, 7) is 1.78. The molecule has 0 spiro atoms. The number of rotatable bonds is 4. The van der Waals surface area contributed by atoms with Crippen molar-refractivity contribution in [2.45, 2.75) is 18.2 Å². The summed E-state index contributed by atoms with van der Waals surface area (Å²) in [5.74, 6) is -0.0562. The van der Waals surface area contributed by atoms with Gasteiger partial charge in [0.15, 0.2) is 9.84 Å². The molecule has 0 aliphatic rings. The molecule has 0 unspecified atom stereocenters. The fourth-order valence-corrected chi connectivity index (χ4v) is 2.92. The maximum Gasteiger partial charge on any atom is 0.224 e. The Bertz CT molecular complexity index is 749. The van der Waals surface area contributed by atoms with Crippen LogP contribution in [0.5, 0.6) is 0 Å². The molecule has 2 rings (SSSR count). The van der Waals surface area contributed by atoms with E-state index in [0.717, 1.165) is 5.56 Å². The molecule has 2 aromatic rings. The number of nitrogens with one attached hydrogen (secondary N) is 1. The zero-order chi connectivity index (χ0) is 15.5. The van der Waals surface area contributed by atoms with E-state index in [2.05, 4.69) is 5.32 Å². The third-order valence-electron chi connectivity index (χ3n) is 3.09. The monoisotopic (exact) mass is 303 g/mol. The molecule has 1 amide bonds. The Morgan fingerprint density at radius 3 is 2.24 bits per heavy atom. The summed E-state index contributed by atoms with van der Waals surface area (Å²) in [5, 5.41) is 2.76. The number of hydrogen-bond acceptors (Lipinski definition) is 3. The molecule has 0 saturated carbocycles. The van der Waals surface area contributed by atoms with Crippen molar-refractivity contribution in [2.24, 2.45) is 0 Å². The van der Waals surface area contributed by atoms with Gasteiger partial charge in [-0.1, -0.05) is 37.3 Å². The number of carbonyl (C=O) groups excluding carboxylic acids is 1. The Balaban J connectivity index is 2.38. The van der Waals surface area contributed by atoms with Crippen LogP contribution >= 0.6 is 0 Å². The summed E-state index contributed by atoms with van der Waals surface area (Å²) in [6, 6.07) is 14.0. The first kappa shape index (κ1) is 15.3. The Morgan fingerprint density at radius 1 is 1.05 bits per heavy atom. The van der Waals surface area contributed by atoms with E-state index >= 15 is 0 Å². The predicted octanol–water partition coefficient (Wildman–Crippen LogP) is 3.11. The minimum Gasteiger partial charge on any atom is -0.326 e. The second-order valence-corrected chi connectivity index (χ2v) is 6.73. The van der Waals surface area contributed by atoms with Gasteiger partial charge in [0.2, 0.25) is 5.91 Å². The first-order valence-corrected chi connectivity index (χ1v) is 8.50. The molecule has 1 N–H and O–H groups in total. The summed E-state index contributed by atoms with van der Waals surface area (Å²) in [4.78, 5) is 11.6. The van der Waals surface area contributed by atoms with Crippen LogP contribution in [0.25, 0.3) is 11.1 Å². The van der Waals surface area contributed by atoms with Gasteiger partial charge in [0.25, 0.3) is 0 Å². The van der Waals surface area contributed by atoms with Crippen LogP contribution < -0.4 is 5.32 Å². The number of anilines is 1. The van der Waals surface area contributed by atoms with Crippen LogP contribution in [-0.2, 0) is 14.6 Å². The van der Waals surface area contributed by atoms with Crippen LogP contribution in [0.1, 0.15) is 13.3 Å². The second-order valence-electron chi connectivity index (χ2n) is 4.75. The molecule has 0 aliphatic carbocycles. The third-order valence-corrected chi connectivity index (χ3v) is 4.24. The van der Waals surface area contributed by atoms with Crippen LogP contribution in [0.2, 0.25) is 0 Å². The van der Waals surface area contributed by atoms with E-state index in [1.165, 1.54) is 6.26 Å². The third kappa shape index (κ3) is 3.70. The average molecular weight is 303 g/mol. The van der Waals surface area contributed by atoms with E-state index in [4.69, 9.17) is 0 Å². The number of amides is 1. The number of benzene rings is 2. The molecule has 0 atom stereocenters. The Hall–Kier alpha value is -2.14. The predicted molar refractivity (Wildman–Crippen MR) is 83.9 cm³/mol. The maximum atomic E-state index is 11.8. The van der Waals surface area contributed by atoms with Crippen LogP contribution in [-0.4, -0.2) is 20.6 Å². The molecule has 0 saturated heterocycles. The van der Waals surface area contributed by atoms with Gasteiger partial charge in [-0.25, -0.2) is 8.42 Å². The quantitative estimate of drug-likeness (QED) is 0.944. The summed E-state index contributed by atoms with van der Waals surface area (Å²) in [6.07, 6.45) is 1.61.